The van der Waals surface area contributed by atoms with E-state index >= 15 is 0 Å². The molecule has 3 heteroatoms. The lowest BCUT2D eigenvalue weighted by Gasteiger charge is -2.05. The molecular formula is C12H27N3. The largest absolute Gasteiger partial charge is 0.370 e. The van der Waals surface area contributed by atoms with Crippen LogP contribution in [0.3, 0.4) is 0 Å². The summed E-state index contributed by atoms with van der Waals surface area (Å²) >= 11 is 0. The van der Waals surface area contributed by atoms with E-state index in [1.165, 1.54) is 19.3 Å². The summed E-state index contributed by atoms with van der Waals surface area (Å²) in [6.45, 7) is 8.48. The van der Waals surface area contributed by atoms with Crippen LogP contribution in [0, 0.1) is 5.92 Å². The quantitative estimate of drug-likeness (QED) is 0.370. The SMILES string of the molecule is CCCCNC(N)=NCCCCC(C)C. The van der Waals surface area contributed by atoms with Crippen molar-refractivity contribution in [2.24, 2.45) is 16.6 Å². The first-order valence-corrected chi connectivity index (χ1v) is 6.20. The predicted molar refractivity (Wildman–Crippen MR) is 68.1 cm³/mol. The molecule has 0 saturated carbocycles. The van der Waals surface area contributed by atoms with Crippen LogP contribution >= 0.6 is 0 Å². The zero-order valence-corrected chi connectivity index (χ0v) is 10.6. The fraction of sp³-hybridized carbons (Fsp3) is 0.917. The van der Waals surface area contributed by atoms with Crippen molar-refractivity contribution in [2.75, 3.05) is 13.1 Å². The van der Waals surface area contributed by atoms with Gasteiger partial charge in [-0.05, 0) is 18.8 Å². The highest BCUT2D eigenvalue weighted by Crippen LogP contribution is 2.05. The molecule has 0 unspecified atom stereocenters. The van der Waals surface area contributed by atoms with Gasteiger partial charge in [-0.15, -0.1) is 0 Å². The maximum Gasteiger partial charge on any atom is 0.188 e. The molecule has 0 rings (SSSR count). The molecule has 15 heavy (non-hydrogen) atoms. The van der Waals surface area contributed by atoms with Gasteiger partial charge in [0.1, 0.15) is 0 Å². The highest BCUT2D eigenvalue weighted by Gasteiger charge is 1.94. The van der Waals surface area contributed by atoms with Gasteiger partial charge in [-0.2, -0.15) is 0 Å². The zero-order chi connectivity index (χ0) is 11.5. The van der Waals surface area contributed by atoms with Crippen LogP contribution in [0.25, 0.3) is 0 Å². The molecule has 0 aromatic heterocycles. The second-order valence-electron chi connectivity index (χ2n) is 4.44. The lowest BCUT2D eigenvalue weighted by atomic mass is 10.1. The van der Waals surface area contributed by atoms with Crippen molar-refractivity contribution in [1.82, 2.24) is 5.32 Å². The number of unbranched alkanes of at least 4 members (excludes halogenated alkanes) is 2. The summed E-state index contributed by atoms with van der Waals surface area (Å²) in [4.78, 5) is 4.28. The molecule has 0 aliphatic rings. The third kappa shape index (κ3) is 11.2. The van der Waals surface area contributed by atoms with Gasteiger partial charge in [0.15, 0.2) is 5.96 Å². The maximum absolute atomic E-state index is 5.70. The molecule has 0 fully saturated rings. The lowest BCUT2D eigenvalue weighted by Crippen LogP contribution is -2.32. The highest BCUT2D eigenvalue weighted by molar-refractivity contribution is 5.77. The summed E-state index contributed by atoms with van der Waals surface area (Å²) in [5, 5.41) is 3.11. The number of nitrogens with one attached hydrogen (secondary N) is 1. The summed E-state index contributed by atoms with van der Waals surface area (Å²) < 4.78 is 0. The summed E-state index contributed by atoms with van der Waals surface area (Å²) in [7, 11) is 0. The molecular weight excluding hydrogens is 186 g/mol. The molecule has 3 N–H and O–H groups in total. The van der Waals surface area contributed by atoms with Crippen LogP contribution in [-0.2, 0) is 0 Å². The number of nitrogens with two attached hydrogens (primary N) is 1. The van der Waals surface area contributed by atoms with E-state index in [2.05, 4.69) is 31.1 Å². The Hall–Kier alpha value is -0.730. The first kappa shape index (κ1) is 14.3. The average molecular weight is 213 g/mol. The molecule has 0 amide bonds. The number of aliphatic imine (C=N–C) groups is 1. The molecule has 0 aromatic carbocycles. The second-order valence-corrected chi connectivity index (χ2v) is 4.44. The minimum Gasteiger partial charge on any atom is -0.370 e. The standard InChI is InChI=1S/C12H27N3/c1-4-5-9-14-12(13)15-10-7-6-8-11(2)3/h11H,4-10H2,1-3H3,(H3,13,14,15). The molecule has 0 spiro atoms. The van der Waals surface area contributed by atoms with E-state index in [0.29, 0.717) is 5.96 Å². The molecule has 90 valence electrons. The van der Waals surface area contributed by atoms with Crippen LogP contribution in [0.1, 0.15) is 52.9 Å². The van der Waals surface area contributed by atoms with Crippen molar-refractivity contribution in [3.8, 4) is 0 Å². The van der Waals surface area contributed by atoms with Crippen LogP contribution in [0.4, 0.5) is 0 Å². The third-order valence-corrected chi connectivity index (χ3v) is 2.31. The Bertz CT molecular complexity index is 164. The van der Waals surface area contributed by atoms with Crippen molar-refractivity contribution < 1.29 is 0 Å². The third-order valence-electron chi connectivity index (χ3n) is 2.31. The van der Waals surface area contributed by atoms with Gasteiger partial charge >= 0.3 is 0 Å². The number of hydrogen-bond acceptors (Lipinski definition) is 1. The lowest BCUT2D eigenvalue weighted by molar-refractivity contribution is 0.541. The Morgan fingerprint density at radius 1 is 1.27 bits per heavy atom. The highest BCUT2D eigenvalue weighted by atomic mass is 15.1. The summed E-state index contributed by atoms with van der Waals surface area (Å²) in [6, 6.07) is 0. The maximum atomic E-state index is 5.70. The molecule has 0 aliphatic heterocycles. The Morgan fingerprint density at radius 3 is 2.60 bits per heavy atom. The predicted octanol–water partition coefficient (Wildman–Crippen LogP) is 2.52. The second kappa shape index (κ2) is 9.81. The number of guanidine groups is 1. The van der Waals surface area contributed by atoms with E-state index in [-0.39, 0.29) is 0 Å². The van der Waals surface area contributed by atoms with Gasteiger partial charge in [0.2, 0.25) is 0 Å². The normalized spacial score (nSPS) is 12.1. The number of nitrogens with zero attached hydrogens (tertiary/aromatic N) is 1. The van der Waals surface area contributed by atoms with Gasteiger partial charge in [-0.1, -0.05) is 40.0 Å². The fourth-order valence-electron chi connectivity index (χ4n) is 1.31. The van der Waals surface area contributed by atoms with Gasteiger partial charge < -0.3 is 11.1 Å². The van der Waals surface area contributed by atoms with E-state index in [0.717, 1.165) is 31.8 Å². The van der Waals surface area contributed by atoms with Crippen molar-refractivity contribution in [3.63, 3.8) is 0 Å². The molecule has 0 aliphatic carbocycles. The number of rotatable bonds is 8. The van der Waals surface area contributed by atoms with Crippen molar-refractivity contribution in [3.05, 3.63) is 0 Å². The summed E-state index contributed by atoms with van der Waals surface area (Å²) in [5.41, 5.74) is 5.70. The summed E-state index contributed by atoms with van der Waals surface area (Å²) in [5.74, 6) is 1.40. The minimum atomic E-state index is 0.605. The topological polar surface area (TPSA) is 50.4 Å². The van der Waals surface area contributed by atoms with Gasteiger partial charge in [0, 0.05) is 13.1 Å². The van der Waals surface area contributed by atoms with Crippen molar-refractivity contribution in [2.45, 2.75) is 52.9 Å². The van der Waals surface area contributed by atoms with E-state index in [9.17, 15) is 0 Å². The molecule has 0 radical (unpaired) electrons. The van der Waals surface area contributed by atoms with Gasteiger partial charge in [0.05, 0.1) is 0 Å². The van der Waals surface area contributed by atoms with E-state index in [4.69, 9.17) is 5.73 Å². The molecule has 0 bridgehead atoms. The van der Waals surface area contributed by atoms with Crippen LogP contribution in [-0.4, -0.2) is 19.0 Å². The first-order valence-electron chi connectivity index (χ1n) is 6.20. The van der Waals surface area contributed by atoms with Crippen molar-refractivity contribution in [1.29, 1.82) is 0 Å². The Labute approximate surface area is 94.5 Å². The number of hydrogen-bond donors (Lipinski definition) is 2. The summed E-state index contributed by atoms with van der Waals surface area (Å²) in [6.07, 6.45) is 6.04. The first-order chi connectivity index (χ1) is 7.16. The molecule has 0 heterocycles. The van der Waals surface area contributed by atoms with Gasteiger partial charge in [0.25, 0.3) is 0 Å². The zero-order valence-electron chi connectivity index (χ0n) is 10.6. The monoisotopic (exact) mass is 213 g/mol. The fourth-order valence-corrected chi connectivity index (χ4v) is 1.31. The Kier molecular flexibility index (Phi) is 9.33. The van der Waals surface area contributed by atoms with Crippen molar-refractivity contribution >= 4 is 5.96 Å². The van der Waals surface area contributed by atoms with E-state index in [1.54, 1.807) is 0 Å². The molecule has 3 nitrogen and oxygen atoms in total. The molecule has 0 atom stereocenters. The molecule has 0 aromatic rings. The van der Waals surface area contributed by atoms with Gasteiger partial charge in [-0.3, -0.25) is 4.99 Å². The average Bonchev–Trinajstić information content (AvgIpc) is 2.17. The smallest absolute Gasteiger partial charge is 0.188 e. The molecule has 0 saturated heterocycles. The minimum absolute atomic E-state index is 0.605. The van der Waals surface area contributed by atoms with Crippen LogP contribution in [0.5, 0.6) is 0 Å². The Balaban J connectivity index is 3.33. The van der Waals surface area contributed by atoms with Crippen LogP contribution in [0.2, 0.25) is 0 Å². The van der Waals surface area contributed by atoms with E-state index < -0.39 is 0 Å². The Morgan fingerprint density at radius 2 is 2.00 bits per heavy atom. The van der Waals surface area contributed by atoms with Gasteiger partial charge in [-0.25, -0.2) is 0 Å². The van der Waals surface area contributed by atoms with E-state index in [1.807, 2.05) is 0 Å². The van der Waals surface area contributed by atoms with Crippen LogP contribution in [0.15, 0.2) is 4.99 Å². The van der Waals surface area contributed by atoms with Crippen LogP contribution < -0.4 is 11.1 Å².